The maximum atomic E-state index is 4.46. The molecule has 0 bridgehead atoms. The van der Waals surface area contributed by atoms with Crippen LogP contribution in [0.25, 0.3) is 0 Å². The van der Waals surface area contributed by atoms with E-state index in [1.54, 1.807) is 6.20 Å². The molecule has 3 aromatic rings. The van der Waals surface area contributed by atoms with Gasteiger partial charge in [0.25, 0.3) is 0 Å². The molecule has 5 nitrogen and oxygen atoms in total. The van der Waals surface area contributed by atoms with Gasteiger partial charge >= 0.3 is 0 Å². The number of nitrogens with zero attached hydrogens (tertiary/aromatic N) is 3. The summed E-state index contributed by atoms with van der Waals surface area (Å²) in [5.74, 6) is 1.17. The summed E-state index contributed by atoms with van der Waals surface area (Å²) in [5, 5.41) is 14.5. The van der Waals surface area contributed by atoms with Crippen molar-refractivity contribution in [2.45, 2.75) is 20.4 Å². The monoisotopic (exact) mass is 305 g/mol. The van der Waals surface area contributed by atoms with Crippen molar-refractivity contribution < 1.29 is 0 Å². The summed E-state index contributed by atoms with van der Waals surface area (Å²) >= 11 is 0. The number of hydrogen-bond acceptors (Lipinski definition) is 5. The molecule has 0 atom stereocenters. The van der Waals surface area contributed by atoms with E-state index in [9.17, 15) is 0 Å². The fraction of sp³-hybridized carbons (Fsp3) is 0.167. The second-order valence-corrected chi connectivity index (χ2v) is 5.39. The van der Waals surface area contributed by atoms with Crippen LogP contribution in [0.1, 0.15) is 16.7 Å². The standard InChI is InChI=1S/C18H19N5/c1-13-7-3-5-9-15(13)11-19-17-12-20-23-18(22-17)21-16-10-6-4-8-14(16)2/h3-10,12H,11H2,1-2H3,(H2,19,21,22,23). The number of benzene rings is 2. The van der Waals surface area contributed by atoms with Crippen LogP contribution in [0.15, 0.2) is 54.7 Å². The topological polar surface area (TPSA) is 62.7 Å². The molecule has 0 spiro atoms. The molecule has 0 amide bonds. The largest absolute Gasteiger partial charge is 0.365 e. The zero-order valence-electron chi connectivity index (χ0n) is 13.2. The Hall–Kier alpha value is -2.95. The number of aromatic nitrogens is 3. The highest BCUT2D eigenvalue weighted by atomic mass is 15.3. The van der Waals surface area contributed by atoms with Crippen molar-refractivity contribution in [2.75, 3.05) is 10.6 Å². The molecule has 0 saturated heterocycles. The van der Waals surface area contributed by atoms with E-state index in [1.165, 1.54) is 11.1 Å². The fourth-order valence-corrected chi connectivity index (χ4v) is 2.27. The molecule has 0 aliphatic carbocycles. The van der Waals surface area contributed by atoms with E-state index in [2.05, 4.69) is 44.9 Å². The molecule has 0 saturated carbocycles. The van der Waals surface area contributed by atoms with Gasteiger partial charge in [0.05, 0.1) is 6.20 Å². The second kappa shape index (κ2) is 6.87. The predicted octanol–water partition coefficient (Wildman–Crippen LogP) is 3.84. The summed E-state index contributed by atoms with van der Waals surface area (Å²) < 4.78 is 0. The third kappa shape index (κ3) is 3.83. The smallest absolute Gasteiger partial charge is 0.249 e. The van der Waals surface area contributed by atoms with Crippen molar-refractivity contribution in [3.63, 3.8) is 0 Å². The molecule has 5 heteroatoms. The number of rotatable bonds is 5. The van der Waals surface area contributed by atoms with E-state index < -0.39 is 0 Å². The molecule has 0 fully saturated rings. The van der Waals surface area contributed by atoms with Gasteiger partial charge in [-0.2, -0.15) is 10.1 Å². The van der Waals surface area contributed by atoms with E-state index in [0.29, 0.717) is 18.3 Å². The third-order valence-corrected chi connectivity index (χ3v) is 3.67. The number of aryl methyl sites for hydroxylation is 2. The fourth-order valence-electron chi connectivity index (χ4n) is 2.27. The SMILES string of the molecule is Cc1ccccc1CNc1cnnc(Nc2ccccc2C)n1. The first-order chi connectivity index (χ1) is 11.2. The Morgan fingerprint density at radius 2 is 1.65 bits per heavy atom. The second-order valence-electron chi connectivity index (χ2n) is 5.39. The molecule has 1 heterocycles. The lowest BCUT2D eigenvalue weighted by molar-refractivity contribution is 0.963. The first-order valence-electron chi connectivity index (χ1n) is 7.53. The van der Waals surface area contributed by atoms with Gasteiger partial charge in [-0.05, 0) is 36.6 Å². The molecule has 0 unspecified atom stereocenters. The molecule has 0 radical (unpaired) electrons. The Bertz CT molecular complexity index is 801. The highest BCUT2D eigenvalue weighted by Gasteiger charge is 2.04. The molecule has 0 aliphatic rings. The van der Waals surface area contributed by atoms with E-state index in [-0.39, 0.29) is 0 Å². The Morgan fingerprint density at radius 1 is 0.913 bits per heavy atom. The average Bonchev–Trinajstić information content (AvgIpc) is 2.57. The predicted molar refractivity (Wildman–Crippen MR) is 92.8 cm³/mol. The van der Waals surface area contributed by atoms with Crippen LogP contribution in [0.5, 0.6) is 0 Å². The lowest BCUT2D eigenvalue weighted by atomic mass is 10.1. The summed E-state index contributed by atoms with van der Waals surface area (Å²) in [7, 11) is 0. The minimum Gasteiger partial charge on any atom is -0.365 e. The summed E-state index contributed by atoms with van der Waals surface area (Å²) in [6.07, 6.45) is 1.63. The van der Waals surface area contributed by atoms with Crippen molar-refractivity contribution in [1.82, 2.24) is 15.2 Å². The van der Waals surface area contributed by atoms with Crippen molar-refractivity contribution in [1.29, 1.82) is 0 Å². The minimum atomic E-state index is 0.481. The molecular formula is C18H19N5. The van der Waals surface area contributed by atoms with Gasteiger partial charge in [0.15, 0.2) is 5.82 Å². The highest BCUT2D eigenvalue weighted by Crippen LogP contribution is 2.18. The summed E-state index contributed by atoms with van der Waals surface area (Å²) in [5.41, 5.74) is 4.60. The van der Waals surface area contributed by atoms with Crippen LogP contribution in [0, 0.1) is 13.8 Å². The first kappa shape index (κ1) is 15.0. The minimum absolute atomic E-state index is 0.481. The van der Waals surface area contributed by atoms with Gasteiger partial charge in [-0.1, -0.05) is 42.5 Å². The summed E-state index contributed by atoms with van der Waals surface area (Å²) in [6.45, 7) is 4.84. The van der Waals surface area contributed by atoms with Crippen LogP contribution in [0.3, 0.4) is 0 Å². The van der Waals surface area contributed by atoms with E-state index in [4.69, 9.17) is 0 Å². The van der Waals surface area contributed by atoms with Crippen LogP contribution in [0.4, 0.5) is 17.5 Å². The van der Waals surface area contributed by atoms with Gasteiger partial charge in [-0.3, -0.25) is 0 Å². The van der Waals surface area contributed by atoms with Gasteiger partial charge in [0.2, 0.25) is 5.95 Å². The number of anilines is 3. The Kier molecular flexibility index (Phi) is 4.47. The quantitative estimate of drug-likeness (QED) is 0.750. The van der Waals surface area contributed by atoms with E-state index in [0.717, 1.165) is 11.3 Å². The normalized spacial score (nSPS) is 10.3. The van der Waals surface area contributed by atoms with Crippen molar-refractivity contribution >= 4 is 17.5 Å². The lowest BCUT2D eigenvalue weighted by Crippen LogP contribution is -2.06. The molecule has 23 heavy (non-hydrogen) atoms. The van der Waals surface area contributed by atoms with Crippen LogP contribution >= 0.6 is 0 Å². The zero-order valence-corrected chi connectivity index (χ0v) is 13.2. The third-order valence-electron chi connectivity index (χ3n) is 3.67. The van der Waals surface area contributed by atoms with E-state index in [1.807, 2.05) is 43.3 Å². The molecule has 3 rings (SSSR count). The highest BCUT2D eigenvalue weighted by molar-refractivity contribution is 5.58. The van der Waals surface area contributed by atoms with Gasteiger partial charge in [-0.25, -0.2) is 0 Å². The summed E-state index contributed by atoms with van der Waals surface area (Å²) in [6, 6.07) is 16.3. The van der Waals surface area contributed by atoms with Crippen LogP contribution < -0.4 is 10.6 Å². The molecule has 0 aliphatic heterocycles. The van der Waals surface area contributed by atoms with E-state index >= 15 is 0 Å². The van der Waals surface area contributed by atoms with Gasteiger partial charge in [0, 0.05) is 12.2 Å². The van der Waals surface area contributed by atoms with Crippen LogP contribution in [0.2, 0.25) is 0 Å². The van der Waals surface area contributed by atoms with Crippen molar-refractivity contribution in [3.8, 4) is 0 Å². The van der Waals surface area contributed by atoms with Gasteiger partial charge in [-0.15, -0.1) is 5.10 Å². The zero-order chi connectivity index (χ0) is 16.1. The number of nitrogens with one attached hydrogen (secondary N) is 2. The molecule has 2 N–H and O–H groups in total. The van der Waals surface area contributed by atoms with Crippen LogP contribution in [-0.2, 0) is 6.54 Å². The maximum Gasteiger partial charge on any atom is 0.249 e. The van der Waals surface area contributed by atoms with Gasteiger partial charge < -0.3 is 10.6 Å². The van der Waals surface area contributed by atoms with Crippen molar-refractivity contribution in [3.05, 3.63) is 71.4 Å². The summed E-state index contributed by atoms with van der Waals surface area (Å²) in [4.78, 5) is 4.46. The van der Waals surface area contributed by atoms with Gasteiger partial charge in [0.1, 0.15) is 0 Å². The number of hydrogen-bond donors (Lipinski definition) is 2. The Balaban J connectivity index is 1.70. The van der Waals surface area contributed by atoms with Crippen molar-refractivity contribution in [2.24, 2.45) is 0 Å². The molecule has 116 valence electrons. The molecule has 2 aromatic carbocycles. The Labute approximate surface area is 135 Å². The average molecular weight is 305 g/mol. The Morgan fingerprint density at radius 3 is 2.43 bits per heavy atom. The first-order valence-corrected chi connectivity index (χ1v) is 7.53. The number of para-hydroxylation sites is 1. The maximum absolute atomic E-state index is 4.46. The lowest BCUT2D eigenvalue weighted by Gasteiger charge is -2.10. The molecular weight excluding hydrogens is 286 g/mol. The van der Waals surface area contributed by atoms with Crippen LogP contribution in [-0.4, -0.2) is 15.2 Å². The molecule has 1 aromatic heterocycles.